The first-order valence-corrected chi connectivity index (χ1v) is 9.71. The van der Waals surface area contributed by atoms with Crippen molar-refractivity contribution in [1.82, 2.24) is 0 Å². The molecule has 1 N–H and O–H groups in total. The average Bonchev–Trinajstić information content (AvgIpc) is 2.77. The number of methoxy groups -OCH3 is 2. The average molecular weight is 396 g/mol. The quantitative estimate of drug-likeness (QED) is 0.806. The lowest BCUT2D eigenvalue weighted by Gasteiger charge is -2.29. The maximum atomic E-state index is 10.9. The molecule has 0 aliphatic carbocycles. The Bertz CT molecular complexity index is 847. The van der Waals surface area contributed by atoms with Crippen molar-refractivity contribution in [3.05, 3.63) is 65.7 Å². The van der Waals surface area contributed by atoms with Gasteiger partial charge < -0.3 is 19.3 Å². The fourth-order valence-electron chi connectivity index (χ4n) is 3.21. The van der Waals surface area contributed by atoms with Crippen molar-refractivity contribution in [2.45, 2.75) is 38.6 Å². The summed E-state index contributed by atoms with van der Waals surface area (Å²) in [7, 11) is 3.12. The highest BCUT2D eigenvalue weighted by Crippen LogP contribution is 2.27. The Kier molecular flexibility index (Phi) is 6.88. The lowest BCUT2D eigenvalue weighted by atomic mass is 9.98. The Morgan fingerprint density at radius 2 is 1.45 bits per heavy atom. The summed E-state index contributed by atoms with van der Waals surface area (Å²) >= 11 is 0. The molecule has 6 heteroatoms. The highest BCUT2D eigenvalue weighted by atomic mass is 16.5. The number of rotatable bonds is 6. The van der Waals surface area contributed by atoms with Crippen LogP contribution >= 0.6 is 0 Å². The summed E-state index contributed by atoms with van der Waals surface area (Å²) in [6.45, 7) is 4.58. The van der Waals surface area contributed by atoms with Gasteiger partial charge in [0.25, 0.3) is 0 Å². The molecule has 2 aromatic carbocycles. The highest BCUT2D eigenvalue weighted by molar-refractivity contribution is 5.94. The molecule has 6 nitrogen and oxygen atoms in total. The van der Waals surface area contributed by atoms with Crippen LogP contribution < -0.4 is 4.74 Å². The molecule has 0 saturated heterocycles. The number of hydrogen-bond acceptors (Lipinski definition) is 6. The molecule has 0 radical (unpaired) electrons. The van der Waals surface area contributed by atoms with Crippen molar-refractivity contribution in [3.63, 3.8) is 0 Å². The Morgan fingerprint density at radius 1 is 0.862 bits per heavy atom. The van der Waals surface area contributed by atoms with Gasteiger partial charge in [-0.2, -0.15) is 0 Å². The standard InChI is InChI=1S/C23H28N2O4/c1-15(2)19-22(27-3)25-20(23(24-19)28-4)21(26)17-10-12-18(13-11-17)29-14-16-8-6-5-7-9-16/h5-13,15,19-21,26H,14H2,1-4H3/t19-,20+,21+/m1/s1. The van der Waals surface area contributed by atoms with E-state index in [4.69, 9.17) is 14.2 Å². The maximum absolute atomic E-state index is 10.9. The third kappa shape index (κ3) is 4.95. The van der Waals surface area contributed by atoms with Gasteiger partial charge >= 0.3 is 0 Å². The summed E-state index contributed by atoms with van der Waals surface area (Å²) in [4.78, 5) is 9.20. The van der Waals surface area contributed by atoms with Crippen LogP contribution in [0.1, 0.15) is 31.1 Å². The topological polar surface area (TPSA) is 72.6 Å². The van der Waals surface area contributed by atoms with Crippen LogP contribution in [0.15, 0.2) is 64.6 Å². The van der Waals surface area contributed by atoms with Gasteiger partial charge in [-0.3, -0.25) is 0 Å². The minimum absolute atomic E-state index is 0.206. The monoisotopic (exact) mass is 396 g/mol. The van der Waals surface area contributed by atoms with Crippen LogP contribution in [0.2, 0.25) is 0 Å². The largest absolute Gasteiger partial charge is 0.489 e. The Labute approximate surface area is 171 Å². The Balaban J connectivity index is 1.72. The molecule has 29 heavy (non-hydrogen) atoms. The van der Waals surface area contributed by atoms with Gasteiger partial charge in [0.05, 0.1) is 14.2 Å². The van der Waals surface area contributed by atoms with Crippen molar-refractivity contribution >= 4 is 11.8 Å². The van der Waals surface area contributed by atoms with Crippen molar-refractivity contribution in [1.29, 1.82) is 0 Å². The molecule has 0 bridgehead atoms. The molecule has 3 rings (SSSR count). The maximum Gasteiger partial charge on any atom is 0.212 e. The molecule has 0 unspecified atom stereocenters. The number of aliphatic hydroxyl groups is 1. The third-order valence-corrected chi connectivity index (χ3v) is 4.86. The zero-order chi connectivity index (χ0) is 20.8. The van der Waals surface area contributed by atoms with Crippen LogP contribution in [0.5, 0.6) is 5.75 Å². The van der Waals surface area contributed by atoms with E-state index in [1.807, 2.05) is 68.4 Å². The molecule has 0 aromatic heterocycles. The number of aliphatic hydroxyl groups excluding tert-OH is 1. The summed E-state index contributed by atoms with van der Waals surface area (Å²) in [5.41, 5.74) is 1.80. The Morgan fingerprint density at radius 3 is 2.03 bits per heavy atom. The zero-order valence-corrected chi connectivity index (χ0v) is 17.3. The minimum Gasteiger partial charge on any atom is -0.489 e. The van der Waals surface area contributed by atoms with Gasteiger partial charge in [0.15, 0.2) is 6.04 Å². The second-order valence-electron chi connectivity index (χ2n) is 7.26. The summed E-state index contributed by atoms with van der Waals surface area (Å²) in [5, 5.41) is 10.9. The molecular weight excluding hydrogens is 368 g/mol. The summed E-state index contributed by atoms with van der Waals surface area (Å²) in [6.07, 6.45) is -0.907. The van der Waals surface area contributed by atoms with Gasteiger partial charge in [0, 0.05) is 0 Å². The van der Waals surface area contributed by atoms with E-state index in [-0.39, 0.29) is 12.0 Å². The molecule has 0 amide bonds. The predicted molar refractivity (Wildman–Crippen MR) is 113 cm³/mol. The molecule has 154 valence electrons. The van der Waals surface area contributed by atoms with E-state index in [9.17, 15) is 5.11 Å². The van der Waals surface area contributed by atoms with E-state index in [0.717, 1.165) is 11.3 Å². The molecule has 1 aliphatic rings. The van der Waals surface area contributed by atoms with Crippen LogP contribution in [0.3, 0.4) is 0 Å². The van der Waals surface area contributed by atoms with E-state index < -0.39 is 12.1 Å². The number of aliphatic imine (C=N–C) groups is 2. The minimum atomic E-state index is -0.907. The summed E-state index contributed by atoms with van der Waals surface area (Å²) in [5.74, 6) is 1.85. The molecule has 1 heterocycles. The van der Waals surface area contributed by atoms with Crippen molar-refractivity contribution in [2.75, 3.05) is 14.2 Å². The molecule has 0 saturated carbocycles. The summed E-state index contributed by atoms with van der Waals surface area (Å²) < 4.78 is 16.7. The zero-order valence-electron chi connectivity index (χ0n) is 17.3. The first-order valence-electron chi connectivity index (χ1n) is 9.71. The smallest absolute Gasteiger partial charge is 0.212 e. The van der Waals surface area contributed by atoms with Gasteiger partial charge in [-0.15, -0.1) is 0 Å². The summed E-state index contributed by atoms with van der Waals surface area (Å²) in [6, 6.07) is 16.4. The van der Waals surface area contributed by atoms with Crippen molar-refractivity contribution in [3.8, 4) is 5.75 Å². The highest BCUT2D eigenvalue weighted by Gasteiger charge is 2.35. The van der Waals surface area contributed by atoms with Gasteiger partial charge in [0.2, 0.25) is 11.8 Å². The van der Waals surface area contributed by atoms with E-state index in [1.165, 1.54) is 0 Å². The van der Waals surface area contributed by atoms with Crippen molar-refractivity contribution in [2.24, 2.45) is 15.9 Å². The van der Waals surface area contributed by atoms with E-state index >= 15 is 0 Å². The van der Waals surface area contributed by atoms with Crippen LogP contribution in [-0.4, -0.2) is 43.2 Å². The second-order valence-corrected chi connectivity index (χ2v) is 7.26. The van der Waals surface area contributed by atoms with E-state index in [2.05, 4.69) is 9.98 Å². The number of hydrogen-bond donors (Lipinski definition) is 1. The molecule has 0 spiro atoms. The lowest BCUT2D eigenvalue weighted by molar-refractivity contribution is 0.155. The molecule has 2 aromatic rings. The number of nitrogens with zero attached hydrogens (tertiary/aromatic N) is 2. The van der Waals surface area contributed by atoms with Crippen LogP contribution in [-0.2, 0) is 16.1 Å². The number of ether oxygens (including phenoxy) is 3. The van der Waals surface area contributed by atoms with Crippen LogP contribution in [0.25, 0.3) is 0 Å². The van der Waals surface area contributed by atoms with Crippen LogP contribution in [0.4, 0.5) is 0 Å². The third-order valence-electron chi connectivity index (χ3n) is 4.86. The van der Waals surface area contributed by atoms with Crippen LogP contribution in [0, 0.1) is 5.92 Å². The van der Waals surface area contributed by atoms with E-state index in [1.54, 1.807) is 14.2 Å². The van der Waals surface area contributed by atoms with E-state index in [0.29, 0.717) is 24.0 Å². The molecular formula is C23H28N2O4. The van der Waals surface area contributed by atoms with Crippen molar-refractivity contribution < 1.29 is 19.3 Å². The van der Waals surface area contributed by atoms with Gasteiger partial charge in [0.1, 0.15) is 24.5 Å². The number of benzene rings is 2. The van der Waals surface area contributed by atoms with Gasteiger partial charge in [-0.25, -0.2) is 9.98 Å². The molecule has 0 fully saturated rings. The van der Waals surface area contributed by atoms with Gasteiger partial charge in [-0.1, -0.05) is 56.3 Å². The fraction of sp³-hybridized carbons (Fsp3) is 0.391. The van der Waals surface area contributed by atoms with Gasteiger partial charge in [-0.05, 0) is 29.2 Å². The first-order chi connectivity index (χ1) is 14.0. The molecule has 1 aliphatic heterocycles. The fourth-order valence-corrected chi connectivity index (χ4v) is 3.21. The second kappa shape index (κ2) is 9.56. The normalized spacial score (nSPS) is 19.9. The predicted octanol–water partition coefficient (Wildman–Crippen LogP) is 3.80. The lowest BCUT2D eigenvalue weighted by Crippen LogP contribution is -2.40. The first kappa shape index (κ1) is 20.9. The Hall–Kier alpha value is -2.86. The SMILES string of the molecule is COC1=N[C@H](C(C)C)C(OC)=N[C@H]1[C@@H](O)c1ccc(OCc2ccccc2)cc1. The molecule has 3 atom stereocenters.